The first-order valence-corrected chi connectivity index (χ1v) is 13.2. The summed E-state index contributed by atoms with van der Waals surface area (Å²) in [7, 11) is -4.19. The van der Waals surface area contributed by atoms with Gasteiger partial charge < -0.3 is 9.47 Å². The predicted octanol–water partition coefficient (Wildman–Crippen LogP) is 4.09. The number of fused-ring (bicyclic) bond motifs is 2. The largest absolute Gasteiger partial charge is 0.454 e. The molecule has 0 spiro atoms. The molecule has 9 heteroatoms. The zero-order chi connectivity index (χ0) is 25.6. The van der Waals surface area contributed by atoms with Crippen molar-refractivity contribution in [3.63, 3.8) is 0 Å². The van der Waals surface area contributed by atoms with Crippen molar-refractivity contribution >= 4 is 38.3 Å². The van der Waals surface area contributed by atoms with Crippen LogP contribution in [0.15, 0.2) is 95.9 Å². The number of carbonyl (C=O) groups excluding carboxylic acids is 2. The molecular weight excluding hydrogens is 492 g/mol. The highest BCUT2D eigenvalue weighted by Crippen LogP contribution is 2.35. The smallest absolute Gasteiger partial charge is 0.252 e. The molecule has 0 N–H and O–H groups in total. The molecule has 0 saturated carbocycles. The minimum atomic E-state index is -4.19. The van der Waals surface area contributed by atoms with Gasteiger partial charge in [-0.15, -0.1) is 0 Å². The summed E-state index contributed by atoms with van der Waals surface area (Å²) in [6, 6.07) is 24.7. The van der Waals surface area contributed by atoms with Crippen LogP contribution in [0.4, 0.5) is 5.69 Å². The van der Waals surface area contributed by atoms with Gasteiger partial charge in [-0.2, -0.15) is 4.31 Å². The number of carbonyl (C=O) groups is 2. The van der Waals surface area contributed by atoms with E-state index in [0.29, 0.717) is 22.7 Å². The number of amides is 2. The zero-order valence-electron chi connectivity index (χ0n) is 19.6. The number of sulfonamides is 1. The van der Waals surface area contributed by atoms with Crippen LogP contribution in [0.1, 0.15) is 12.0 Å². The van der Waals surface area contributed by atoms with E-state index >= 15 is 0 Å². The first-order chi connectivity index (χ1) is 17.9. The lowest BCUT2D eigenvalue weighted by Crippen LogP contribution is -2.45. The normalized spacial score (nSPS) is 17.2. The molecule has 1 fully saturated rings. The molecule has 2 heterocycles. The zero-order valence-corrected chi connectivity index (χ0v) is 20.4. The Kier molecular flexibility index (Phi) is 5.66. The van der Waals surface area contributed by atoms with Gasteiger partial charge in [-0.25, -0.2) is 13.3 Å². The molecular formula is C28H22N2O6S. The van der Waals surface area contributed by atoms with Crippen molar-refractivity contribution in [3.05, 3.63) is 96.6 Å². The molecule has 1 unspecified atom stereocenters. The fourth-order valence-corrected chi connectivity index (χ4v) is 6.34. The van der Waals surface area contributed by atoms with E-state index in [9.17, 15) is 18.0 Å². The van der Waals surface area contributed by atoms with Crippen molar-refractivity contribution < 1.29 is 27.5 Å². The molecule has 1 atom stereocenters. The Morgan fingerprint density at radius 1 is 0.811 bits per heavy atom. The highest BCUT2D eigenvalue weighted by molar-refractivity contribution is 7.89. The lowest BCUT2D eigenvalue weighted by atomic mass is 10.1. The Hall–Kier alpha value is -4.21. The van der Waals surface area contributed by atoms with Crippen LogP contribution in [0.3, 0.4) is 0 Å². The van der Waals surface area contributed by atoms with Crippen molar-refractivity contribution in [2.24, 2.45) is 0 Å². The van der Waals surface area contributed by atoms with E-state index < -0.39 is 27.9 Å². The number of hydrogen-bond donors (Lipinski definition) is 0. The van der Waals surface area contributed by atoms with Crippen molar-refractivity contribution in [2.45, 2.75) is 23.9 Å². The Morgan fingerprint density at radius 3 is 2.35 bits per heavy atom. The maximum atomic E-state index is 14.1. The molecule has 37 heavy (non-hydrogen) atoms. The molecule has 2 amide bonds. The Morgan fingerprint density at radius 2 is 1.54 bits per heavy atom. The van der Waals surface area contributed by atoms with Gasteiger partial charge in [0, 0.05) is 6.54 Å². The van der Waals surface area contributed by atoms with Gasteiger partial charge in [0.25, 0.3) is 5.91 Å². The molecule has 0 radical (unpaired) electrons. The van der Waals surface area contributed by atoms with Gasteiger partial charge in [-0.3, -0.25) is 9.59 Å². The Labute approximate surface area is 213 Å². The number of rotatable bonds is 6. The maximum Gasteiger partial charge on any atom is 0.252 e. The summed E-state index contributed by atoms with van der Waals surface area (Å²) in [4.78, 5) is 27.7. The van der Waals surface area contributed by atoms with Crippen LogP contribution in [-0.2, 0) is 26.2 Å². The van der Waals surface area contributed by atoms with Crippen molar-refractivity contribution in [1.29, 1.82) is 0 Å². The van der Waals surface area contributed by atoms with Crippen LogP contribution in [0.25, 0.3) is 10.8 Å². The summed E-state index contributed by atoms with van der Waals surface area (Å²) in [5.74, 6) is 0.0299. The summed E-state index contributed by atoms with van der Waals surface area (Å²) in [5.41, 5.74) is 1.01. The molecule has 0 bridgehead atoms. The standard InChI is InChI=1S/C28H22N2O6S/c31-27-16-24(28(32)30(27)22-8-2-1-3-9-22)29(17-19-10-13-25-26(14-19)36-18-35-25)37(33,34)23-12-11-20-6-4-5-7-21(20)15-23/h1-15,24H,16-18H2. The maximum absolute atomic E-state index is 14.1. The lowest BCUT2D eigenvalue weighted by Gasteiger charge is -2.27. The Bertz CT molecular complexity index is 1640. The second-order valence-corrected chi connectivity index (χ2v) is 10.8. The quantitative estimate of drug-likeness (QED) is 0.360. The van der Waals surface area contributed by atoms with Crippen LogP contribution in [-0.4, -0.2) is 37.4 Å². The predicted molar refractivity (Wildman–Crippen MR) is 137 cm³/mol. The number of ether oxygens (including phenoxy) is 2. The molecule has 0 aromatic heterocycles. The van der Waals surface area contributed by atoms with Gasteiger partial charge in [-0.05, 0) is 52.7 Å². The van der Waals surface area contributed by atoms with E-state index in [2.05, 4.69) is 0 Å². The van der Waals surface area contributed by atoms with Crippen molar-refractivity contribution in [3.8, 4) is 11.5 Å². The summed E-state index contributed by atoms with van der Waals surface area (Å²) in [6.45, 7) is -0.0440. The minimum Gasteiger partial charge on any atom is -0.454 e. The Balaban J connectivity index is 1.42. The fraction of sp³-hybridized carbons (Fsp3) is 0.143. The molecule has 0 aliphatic carbocycles. The molecule has 4 aromatic rings. The van der Waals surface area contributed by atoms with Crippen LogP contribution in [0.2, 0.25) is 0 Å². The number of anilines is 1. The van der Waals surface area contributed by atoms with Crippen molar-refractivity contribution in [1.82, 2.24) is 4.31 Å². The van der Waals surface area contributed by atoms with Gasteiger partial charge >= 0.3 is 0 Å². The number of hydrogen-bond acceptors (Lipinski definition) is 6. The molecule has 1 saturated heterocycles. The number of imide groups is 1. The van der Waals surface area contributed by atoms with Gasteiger partial charge in [0.1, 0.15) is 6.04 Å². The molecule has 4 aromatic carbocycles. The van der Waals surface area contributed by atoms with Crippen LogP contribution < -0.4 is 14.4 Å². The molecule has 2 aliphatic heterocycles. The summed E-state index contributed by atoms with van der Waals surface area (Å²) >= 11 is 0. The molecule has 186 valence electrons. The van der Waals surface area contributed by atoms with Crippen LogP contribution >= 0.6 is 0 Å². The van der Waals surface area contributed by atoms with Gasteiger partial charge in [0.05, 0.1) is 17.0 Å². The lowest BCUT2D eigenvalue weighted by molar-refractivity contribution is -0.122. The molecule has 8 nitrogen and oxygen atoms in total. The number of nitrogens with zero attached hydrogens (tertiary/aromatic N) is 2. The highest BCUT2D eigenvalue weighted by Gasteiger charge is 2.47. The van der Waals surface area contributed by atoms with Gasteiger partial charge in [0.15, 0.2) is 11.5 Å². The van der Waals surface area contributed by atoms with E-state index in [0.717, 1.165) is 20.0 Å². The topological polar surface area (TPSA) is 93.2 Å². The van der Waals surface area contributed by atoms with Gasteiger partial charge in [-0.1, -0.05) is 54.6 Å². The third kappa shape index (κ3) is 4.12. The third-order valence-corrected chi connectivity index (χ3v) is 8.44. The first kappa shape index (κ1) is 23.2. The number of benzene rings is 4. The minimum absolute atomic E-state index is 0.0466. The van der Waals surface area contributed by atoms with E-state index in [1.807, 2.05) is 24.3 Å². The SMILES string of the molecule is O=C1CC(N(Cc2ccc3c(c2)OCO3)S(=O)(=O)c2ccc3ccccc3c2)C(=O)N1c1ccccc1. The van der Waals surface area contributed by atoms with E-state index in [1.54, 1.807) is 60.7 Å². The summed E-state index contributed by atoms with van der Waals surface area (Å²) < 4.78 is 40.1. The molecule has 6 rings (SSSR count). The second kappa shape index (κ2) is 9.02. The highest BCUT2D eigenvalue weighted by atomic mass is 32.2. The fourth-order valence-electron chi connectivity index (χ4n) is 4.73. The van der Waals surface area contributed by atoms with Crippen molar-refractivity contribution in [2.75, 3.05) is 11.7 Å². The first-order valence-electron chi connectivity index (χ1n) is 11.7. The van der Waals surface area contributed by atoms with Crippen LogP contribution in [0.5, 0.6) is 11.5 Å². The van der Waals surface area contributed by atoms with E-state index in [1.165, 1.54) is 6.07 Å². The third-order valence-electron chi connectivity index (χ3n) is 6.59. The number of para-hydroxylation sites is 1. The average Bonchev–Trinajstić information content (AvgIpc) is 3.50. The molecule has 2 aliphatic rings. The second-order valence-electron chi connectivity index (χ2n) is 8.87. The monoisotopic (exact) mass is 514 g/mol. The summed E-state index contributed by atoms with van der Waals surface area (Å²) in [6.07, 6.45) is -0.259. The van der Waals surface area contributed by atoms with E-state index in [4.69, 9.17) is 9.47 Å². The summed E-state index contributed by atoms with van der Waals surface area (Å²) in [5, 5.41) is 1.65. The van der Waals surface area contributed by atoms with E-state index in [-0.39, 0.29) is 24.7 Å². The van der Waals surface area contributed by atoms with Gasteiger partial charge in [0.2, 0.25) is 22.7 Å². The average molecular weight is 515 g/mol. The van der Waals surface area contributed by atoms with Crippen LogP contribution in [0, 0.1) is 0 Å².